The van der Waals surface area contributed by atoms with Gasteiger partial charge in [0.05, 0.1) is 18.8 Å². The summed E-state index contributed by atoms with van der Waals surface area (Å²) in [5, 5.41) is 22.7. The van der Waals surface area contributed by atoms with E-state index in [0.29, 0.717) is 12.8 Å². The summed E-state index contributed by atoms with van der Waals surface area (Å²) in [6, 6.07) is -0.533. The van der Waals surface area contributed by atoms with Crippen LogP contribution in [0.3, 0.4) is 0 Å². The molecule has 0 saturated heterocycles. The second-order valence-electron chi connectivity index (χ2n) is 15.4. The number of amides is 1. The van der Waals surface area contributed by atoms with Crippen LogP contribution >= 0.6 is 0 Å². The van der Waals surface area contributed by atoms with Gasteiger partial charge in [-0.1, -0.05) is 221 Å². The van der Waals surface area contributed by atoms with Crippen molar-refractivity contribution in [3.05, 3.63) is 85.1 Å². The molecule has 0 aromatic heterocycles. The molecule has 0 aromatic rings. The number of hydrogen-bond donors (Lipinski definition) is 3. The van der Waals surface area contributed by atoms with E-state index in [1.54, 1.807) is 0 Å². The van der Waals surface area contributed by atoms with Crippen LogP contribution in [0.15, 0.2) is 85.1 Å². The first-order valence-corrected chi connectivity index (χ1v) is 23.3. The summed E-state index contributed by atoms with van der Waals surface area (Å²) in [7, 11) is 0. The summed E-state index contributed by atoms with van der Waals surface area (Å²) >= 11 is 0. The van der Waals surface area contributed by atoms with Gasteiger partial charge in [0.1, 0.15) is 0 Å². The Hall–Kier alpha value is -2.43. The smallest absolute Gasteiger partial charge is 0.220 e. The molecule has 316 valence electrons. The minimum Gasteiger partial charge on any atom is -0.394 e. The van der Waals surface area contributed by atoms with Gasteiger partial charge in [0.2, 0.25) is 5.91 Å². The molecule has 0 bridgehead atoms. The van der Waals surface area contributed by atoms with Crippen molar-refractivity contribution in [2.45, 2.75) is 225 Å². The number of aliphatic hydroxyl groups excluding tert-OH is 2. The quantitative estimate of drug-likeness (QED) is 0.0429. The van der Waals surface area contributed by atoms with Crippen LogP contribution in [0.4, 0.5) is 0 Å². The summed E-state index contributed by atoms with van der Waals surface area (Å²) in [6.07, 6.45) is 67.3. The highest BCUT2D eigenvalue weighted by Crippen LogP contribution is 2.15. The molecular formula is C51H89NO3. The van der Waals surface area contributed by atoms with Crippen LogP contribution in [0.2, 0.25) is 0 Å². The third-order valence-electron chi connectivity index (χ3n) is 10.2. The molecule has 0 fully saturated rings. The first-order valence-electron chi connectivity index (χ1n) is 23.3. The van der Waals surface area contributed by atoms with Gasteiger partial charge < -0.3 is 15.5 Å². The second-order valence-corrected chi connectivity index (χ2v) is 15.4. The zero-order chi connectivity index (χ0) is 40.0. The Morgan fingerprint density at radius 2 is 0.800 bits per heavy atom. The minimum absolute atomic E-state index is 0.0426. The second kappa shape index (κ2) is 46.0. The van der Waals surface area contributed by atoms with Crippen molar-refractivity contribution >= 4 is 5.91 Å². The Bertz CT molecular complexity index is 1000. The van der Waals surface area contributed by atoms with E-state index in [9.17, 15) is 15.0 Å². The minimum atomic E-state index is -0.657. The van der Waals surface area contributed by atoms with Gasteiger partial charge in [0, 0.05) is 6.42 Å². The number of rotatable bonds is 41. The summed E-state index contributed by atoms with van der Waals surface area (Å²) < 4.78 is 0. The highest BCUT2D eigenvalue weighted by Gasteiger charge is 2.19. The van der Waals surface area contributed by atoms with Gasteiger partial charge in [-0.2, -0.15) is 0 Å². The molecule has 0 heterocycles. The van der Waals surface area contributed by atoms with Gasteiger partial charge in [0.25, 0.3) is 0 Å². The molecule has 0 radical (unpaired) electrons. The summed E-state index contributed by atoms with van der Waals surface area (Å²) in [6.45, 7) is 4.13. The van der Waals surface area contributed by atoms with Crippen LogP contribution in [-0.4, -0.2) is 34.9 Å². The lowest BCUT2D eigenvalue weighted by Crippen LogP contribution is -2.45. The van der Waals surface area contributed by atoms with Crippen molar-refractivity contribution in [2.24, 2.45) is 0 Å². The Balaban J connectivity index is 3.42. The fraction of sp³-hybridized carbons (Fsp3) is 0.706. The predicted molar refractivity (Wildman–Crippen MR) is 243 cm³/mol. The molecule has 4 heteroatoms. The Kier molecular flexibility index (Phi) is 43.9. The monoisotopic (exact) mass is 764 g/mol. The van der Waals surface area contributed by atoms with E-state index in [0.717, 1.165) is 83.5 Å². The summed E-state index contributed by atoms with van der Waals surface area (Å²) in [5.41, 5.74) is 0. The third-order valence-corrected chi connectivity index (χ3v) is 10.2. The molecule has 0 saturated carbocycles. The van der Waals surface area contributed by atoms with Gasteiger partial charge in [-0.3, -0.25) is 4.79 Å². The van der Waals surface area contributed by atoms with Crippen LogP contribution in [0.5, 0.6) is 0 Å². The average molecular weight is 764 g/mol. The number of unbranched alkanes of at least 4 members (excludes halogenated alkanes) is 20. The van der Waals surface area contributed by atoms with E-state index in [4.69, 9.17) is 0 Å². The van der Waals surface area contributed by atoms with Crippen molar-refractivity contribution in [1.82, 2.24) is 5.32 Å². The van der Waals surface area contributed by atoms with Crippen molar-refractivity contribution in [2.75, 3.05) is 6.61 Å². The molecule has 2 unspecified atom stereocenters. The van der Waals surface area contributed by atoms with Crippen molar-refractivity contribution in [3.8, 4) is 0 Å². The number of aliphatic hydroxyl groups is 2. The highest BCUT2D eigenvalue weighted by molar-refractivity contribution is 5.76. The van der Waals surface area contributed by atoms with E-state index < -0.39 is 12.1 Å². The molecule has 0 spiro atoms. The molecule has 3 N–H and O–H groups in total. The maximum atomic E-state index is 12.2. The normalized spacial score (nSPS) is 13.7. The summed E-state index contributed by atoms with van der Waals surface area (Å²) in [4.78, 5) is 12.2. The SMILES string of the molecule is CC/C=C\C/C=C\C/C=C\C/C=C\C/C=C\C/C=C\C/C=C\CCCCCCCCCCCCCCCCCCCC(=O)NC(CO)C(O)CCCCCC. The Morgan fingerprint density at radius 3 is 1.18 bits per heavy atom. The van der Waals surface area contributed by atoms with E-state index in [-0.39, 0.29) is 12.5 Å². The Labute approximate surface area is 341 Å². The van der Waals surface area contributed by atoms with Crippen LogP contribution in [0.1, 0.15) is 213 Å². The molecule has 0 aliphatic rings. The third kappa shape index (κ3) is 42.6. The lowest BCUT2D eigenvalue weighted by Gasteiger charge is -2.22. The van der Waals surface area contributed by atoms with Crippen LogP contribution < -0.4 is 5.32 Å². The lowest BCUT2D eigenvalue weighted by molar-refractivity contribution is -0.123. The molecule has 4 nitrogen and oxygen atoms in total. The number of allylic oxidation sites excluding steroid dienone is 14. The fourth-order valence-electron chi connectivity index (χ4n) is 6.63. The Morgan fingerprint density at radius 1 is 0.455 bits per heavy atom. The first kappa shape index (κ1) is 52.6. The molecular weight excluding hydrogens is 675 g/mol. The van der Waals surface area contributed by atoms with E-state index in [2.05, 4.69) is 104 Å². The predicted octanol–water partition coefficient (Wildman–Crippen LogP) is 14.9. The lowest BCUT2D eigenvalue weighted by atomic mass is 10.0. The van der Waals surface area contributed by atoms with Gasteiger partial charge in [-0.05, 0) is 70.6 Å². The van der Waals surface area contributed by atoms with Gasteiger partial charge in [-0.15, -0.1) is 0 Å². The summed E-state index contributed by atoms with van der Waals surface area (Å²) in [5.74, 6) is -0.0426. The zero-order valence-corrected chi connectivity index (χ0v) is 36.2. The van der Waals surface area contributed by atoms with E-state index in [1.807, 2.05) is 0 Å². The van der Waals surface area contributed by atoms with Crippen LogP contribution in [0.25, 0.3) is 0 Å². The van der Waals surface area contributed by atoms with Crippen LogP contribution in [-0.2, 0) is 4.79 Å². The van der Waals surface area contributed by atoms with Gasteiger partial charge >= 0.3 is 0 Å². The molecule has 0 aromatic carbocycles. The van der Waals surface area contributed by atoms with Gasteiger partial charge in [-0.25, -0.2) is 0 Å². The van der Waals surface area contributed by atoms with E-state index in [1.165, 1.54) is 103 Å². The molecule has 0 aliphatic carbocycles. The number of carbonyl (C=O) groups is 1. The zero-order valence-electron chi connectivity index (χ0n) is 36.2. The topological polar surface area (TPSA) is 69.6 Å². The maximum absolute atomic E-state index is 12.2. The maximum Gasteiger partial charge on any atom is 0.220 e. The van der Waals surface area contributed by atoms with Crippen LogP contribution in [0, 0.1) is 0 Å². The number of hydrogen-bond acceptors (Lipinski definition) is 3. The van der Waals surface area contributed by atoms with E-state index >= 15 is 0 Å². The fourth-order valence-corrected chi connectivity index (χ4v) is 6.63. The largest absolute Gasteiger partial charge is 0.394 e. The van der Waals surface area contributed by atoms with Crippen molar-refractivity contribution < 1.29 is 15.0 Å². The molecule has 1 amide bonds. The highest BCUT2D eigenvalue weighted by atomic mass is 16.3. The first-order chi connectivity index (χ1) is 27.2. The van der Waals surface area contributed by atoms with Gasteiger partial charge in [0.15, 0.2) is 0 Å². The van der Waals surface area contributed by atoms with Crippen molar-refractivity contribution in [3.63, 3.8) is 0 Å². The molecule has 55 heavy (non-hydrogen) atoms. The number of nitrogens with one attached hydrogen (secondary N) is 1. The average Bonchev–Trinajstić information content (AvgIpc) is 3.19. The molecule has 2 atom stereocenters. The molecule has 0 aliphatic heterocycles. The molecule has 0 rings (SSSR count). The van der Waals surface area contributed by atoms with Crippen molar-refractivity contribution in [1.29, 1.82) is 0 Å². The number of carbonyl (C=O) groups excluding carboxylic acids is 1. The standard InChI is InChI=1S/C51H89NO3/c1-3-5-7-9-10-11-12-13-14-15-16-17-18-19-20-21-22-23-24-25-26-27-28-29-30-31-32-33-34-35-36-37-38-39-40-41-42-43-45-47-51(55)52-49(48-53)50(54)46-44-8-6-4-2/h5,7,10-11,13-14,16-17,19-20,22-23,25-26,49-50,53-54H,3-4,6,8-9,12,15,18,21,24,27-48H2,1-2H3,(H,52,55)/b7-5-,11-10-,14-13-,17-16-,20-19-,23-22-,26-25-.